The zero-order valence-corrected chi connectivity index (χ0v) is 12.6. The van der Waals surface area contributed by atoms with Crippen molar-refractivity contribution in [3.63, 3.8) is 0 Å². The highest BCUT2D eigenvalue weighted by atomic mass is 15.1. The Balaban J connectivity index is 1.73. The zero-order chi connectivity index (χ0) is 13.7. The molecular weight excluding hydrogens is 232 g/mol. The Bertz CT molecular complexity index is 353. The van der Waals surface area contributed by atoms with Gasteiger partial charge in [-0.15, -0.1) is 0 Å². The molecule has 0 saturated carbocycles. The molecule has 106 valence electrons. The van der Waals surface area contributed by atoms with Crippen LogP contribution in [-0.4, -0.2) is 30.1 Å². The van der Waals surface area contributed by atoms with Crippen molar-refractivity contribution in [1.82, 2.24) is 10.2 Å². The van der Waals surface area contributed by atoms with Crippen molar-refractivity contribution in [1.29, 1.82) is 0 Å². The molecule has 1 atom stereocenters. The molecule has 0 radical (unpaired) electrons. The highest BCUT2D eigenvalue weighted by molar-refractivity contribution is 5.14. The fourth-order valence-corrected chi connectivity index (χ4v) is 2.66. The number of rotatable bonds is 5. The second-order valence-corrected chi connectivity index (χ2v) is 6.24. The van der Waals surface area contributed by atoms with Gasteiger partial charge in [-0.2, -0.15) is 0 Å². The van der Waals surface area contributed by atoms with Gasteiger partial charge in [0.1, 0.15) is 0 Å². The summed E-state index contributed by atoms with van der Waals surface area (Å²) < 4.78 is 0. The molecule has 2 heteroatoms. The molecule has 19 heavy (non-hydrogen) atoms. The fourth-order valence-electron chi connectivity index (χ4n) is 2.66. The SMILES string of the molecule is CC(C)C(C)NC1CCN(Cc2ccccc2)CC1. The number of nitrogens with zero attached hydrogens (tertiary/aromatic N) is 1. The van der Waals surface area contributed by atoms with Crippen LogP contribution in [0.3, 0.4) is 0 Å². The van der Waals surface area contributed by atoms with Gasteiger partial charge in [-0.3, -0.25) is 4.90 Å². The van der Waals surface area contributed by atoms with Gasteiger partial charge in [-0.1, -0.05) is 44.2 Å². The number of nitrogens with one attached hydrogen (secondary N) is 1. The van der Waals surface area contributed by atoms with E-state index in [0.717, 1.165) is 12.5 Å². The summed E-state index contributed by atoms with van der Waals surface area (Å²) in [5.41, 5.74) is 1.43. The average Bonchev–Trinajstić information content (AvgIpc) is 2.42. The van der Waals surface area contributed by atoms with Crippen molar-refractivity contribution in [3.8, 4) is 0 Å². The van der Waals surface area contributed by atoms with E-state index >= 15 is 0 Å². The van der Waals surface area contributed by atoms with Gasteiger partial charge in [-0.25, -0.2) is 0 Å². The molecule has 0 aliphatic carbocycles. The predicted molar refractivity (Wildman–Crippen MR) is 82.2 cm³/mol. The summed E-state index contributed by atoms with van der Waals surface area (Å²) in [6.07, 6.45) is 2.56. The van der Waals surface area contributed by atoms with Crippen LogP contribution < -0.4 is 5.32 Å². The number of hydrogen-bond donors (Lipinski definition) is 1. The fraction of sp³-hybridized carbons (Fsp3) is 0.647. The Morgan fingerprint density at radius 1 is 1.11 bits per heavy atom. The molecule has 1 heterocycles. The molecule has 0 aromatic heterocycles. The van der Waals surface area contributed by atoms with Crippen molar-refractivity contribution < 1.29 is 0 Å². The van der Waals surface area contributed by atoms with E-state index in [-0.39, 0.29) is 0 Å². The highest BCUT2D eigenvalue weighted by Gasteiger charge is 2.21. The van der Waals surface area contributed by atoms with Gasteiger partial charge >= 0.3 is 0 Å². The molecule has 0 spiro atoms. The van der Waals surface area contributed by atoms with Crippen LogP contribution in [-0.2, 0) is 6.54 Å². The average molecular weight is 260 g/mol. The maximum Gasteiger partial charge on any atom is 0.0233 e. The van der Waals surface area contributed by atoms with Crippen molar-refractivity contribution in [2.75, 3.05) is 13.1 Å². The van der Waals surface area contributed by atoms with E-state index in [2.05, 4.69) is 61.3 Å². The predicted octanol–water partition coefficient (Wildman–Crippen LogP) is 3.29. The Labute approximate surface area is 118 Å². The third-order valence-corrected chi connectivity index (χ3v) is 4.34. The summed E-state index contributed by atoms with van der Waals surface area (Å²) in [7, 11) is 0. The minimum absolute atomic E-state index is 0.630. The number of hydrogen-bond acceptors (Lipinski definition) is 2. The van der Waals surface area contributed by atoms with E-state index in [4.69, 9.17) is 0 Å². The van der Waals surface area contributed by atoms with E-state index in [1.54, 1.807) is 0 Å². The topological polar surface area (TPSA) is 15.3 Å². The molecule has 1 aromatic rings. The first-order chi connectivity index (χ1) is 9.15. The molecule has 1 unspecified atom stereocenters. The van der Waals surface area contributed by atoms with Crippen molar-refractivity contribution in [2.45, 2.75) is 52.2 Å². The van der Waals surface area contributed by atoms with E-state index in [1.807, 2.05) is 0 Å². The minimum atomic E-state index is 0.630. The molecule has 1 fully saturated rings. The Hall–Kier alpha value is -0.860. The smallest absolute Gasteiger partial charge is 0.0233 e. The van der Waals surface area contributed by atoms with Gasteiger partial charge < -0.3 is 5.32 Å². The monoisotopic (exact) mass is 260 g/mol. The first kappa shape index (κ1) is 14.5. The Morgan fingerprint density at radius 3 is 2.32 bits per heavy atom. The number of likely N-dealkylation sites (tertiary alicyclic amines) is 1. The van der Waals surface area contributed by atoms with Crippen molar-refractivity contribution in [3.05, 3.63) is 35.9 Å². The van der Waals surface area contributed by atoms with Gasteiger partial charge in [0.2, 0.25) is 0 Å². The van der Waals surface area contributed by atoms with Crippen LogP contribution >= 0.6 is 0 Å². The molecule has 1 N–H and O–H groups in total. The Morgan fingerprint density at radius 2 is 1.74 bits per heavy atom. The van der Waals surface area contributed by atoms with E-state index < -0.39 is 0 Å². The van der Waals surface area contributed by atoms with E-state index in [0.29, 0.717) is 12.1 Å². The van der Waals surface area contributed by atoms with Crippen LogP contribution in [0, 0.1) is 5.92 Å². The minimum Gasteiger partial charge on any atom is -0.311 e. The van der Waals surface area contributed by atoms with Crippen LogP contribution in [0.5, 0.6) is 0 Å². The summed E-state index contributed by atoms with van der Waals surface area (Å²) in [6.45, 7) is 10.4. The second kappa shape index (κ2) is 7.06. The second-order valence-electron chi connectivity index (χ2n) is 6.24. The summed E-state index contributed by atoms with van der Waals surface area (Å²) in [5.74, 6) is 0.724. The third kappa shape index (κ3) is 4.63. The third-order valence-electron chi connectivity index (χ3n) is 4.34. The molecule has 0 bridgehead atoms. The summed E-state index contributed by atoms with van der Waals surface area (Å²) in [6, 6.07) is 12.2. The van der Waals surface area contributed by atoms with E-state index in [1.165, 1.54) is 31.5 Å². The van der Waals surface area contributed by atoms with Gasteiger partial charge in [0.15, 0.2) is 0 Å². The van der Waals surface area contributed by atoms with E-state index in [9.17, 15) is 0 Å². The lowest BCUT2D eigenvalue weighted by Gasteiger charge is -2.34. The highest BCUT2D eigenvalue weighted by Crippen LogP contribution is 2.15. The summed E-state index contributed by atoms with van der Waals surface area (Å²) >= 11 is 0. The first-order valence-corrected chi connectivity index (χ1v) is 7.67. The maximum absolute atomic E-state index is 3.78. The summed E-state index contributed by atoms with van der Waals surface area (Å²) in [5, 5.41) is 3.78. The zero-order valence-electron chi connectivity index (χ0n) is 12.6. The normalized spacial score (nSPS) is 19.8. The van der Waals surface area contributed by atoms with Crippen LogP contribution in [0.4, 0.5) is 0 Å². The molecular formula is C17H28N2. The van der Waals surface area contributed by atoms with Gasteiger partial charge in [0, 0.05) is 18.6 Å². The molecule has 1 aliphatic rings. The summed E-state index contributed by atoms with van der Waals surface area (Å²) in [4.78, 5) is 2.58. The Kier molecular flexibility index (Phi) is 5.41. The maximum atomic E-state index is 3.78. The molecule has 1 saturated heterocycles. The lowest BCUT2D eigenvalue weighted by atomic mass is 10.00. The van der Waals surface area contributed by atoms with Crippen LogP contribution in [0.25, 0.3) is 0 Å². The molecule has 1 aromatic carbocycles. The van der Waals surface area contributed by atoms with Crippen molar-refractivity contribution >= 4 is 0 Å². The van der Waals surface area contributed by atoms with Crippen LogP contribution in [0.1, 0.15) is 39.2 Å². The molecule has 0 amide bonds. The van der Waals surface area contributed by atoms with Crippen LogP contribution in [0.2, 0.25) is 0 Å². The van der Waals surface area contributed by atoms with Gasteiger partial charge in [0.25, 0.3) is 0 Å². The van der Waals surface area contributed by atoms with Gasteiger partial charge in [0.05, 0.1) is 0 Å². The van der Waals surface area contributed by atoms with Crippen molar-refractivity contribution in [2.24, 2.45) is 5.92 Å². The van der Waals surface area contributed by atoms with Crippen LogP contribution in [0.15, 0.2) is 30.3 Å². The largest absolute Gasteiger partial charge is 0.311 e. The molecule has 2 rings (SSSR count). The first-order valence-electron chi connectivity index (χ1n) is 7.67. The lowest BCUT2D eigenvalue weighted by molar-refractivity contribution is 0.180. The number of piperidine rings is 1. The number of benzene rings is 1. The quantitative estimate of drug-likeness (QED) is 0.874. The molecule has 2 nitrogen and oxygen atoms in total. The lowest BCUT2D eigenvalue weighted by Crippen LogP contribution is -2.46. The molecule has 1 aliphatic heterocycles. The standard InChI is InChI=1S/C17H28N2/c1-14(2)15(3)18-17-9-11-19(12-10-17)13-16-7-5-4-6-8-16/h4-8,14-15,17-18H,9-13H2,1-3H3. The van der Waals surface area contributed by atoms with Gasteiger partial charge in [-0.05, 0) is 44.3 Å².